The molecular formula is C19H17N7O3S. The highest BCUT2D eigenvalue weighted by Crippen LogP contribution is 2.33. The molecule has 0 bridgehead atoms. The number of nitrogens with one attached hydrogen (secondary N) is 3. The number of aromatic amines is 1. The van der Waals surface area contributed by atoms with E-state index in [4.69, 9.17) is 24.0 Å². The Bertz CT molecular complexity index is 1260. The SMILES string of the molecule is [C-]#[N+]c1c2n(c3c(=S)nc[nH]c13)CCN(C(=O)Nc1cccc(C(=O)NO)c1)CC2. The molecule has 10 nitrogen and oxygen atoms in total. The maximum atomic E-state index is 12.8. The lowest BCUT2D eigenvalue weighted by molar-refractivity contribution is 0.0706. The number of hydrogen-bond acceptors (Lipinski definition) is 5. The Labute approximate surface area is 175 Å². The zero-order valence-electron chi connectivity index (χ0n) is 15.7. The van der Waals surface area contributed by atoms with E-state index in [2.05, 4.69) is 20.1 Å². The lowest BCUT2D eigenvalue weighted by Gasteiger charge is -2.21. The molecule has 2 aromatic heterocycles. The zero-order valence-corrected chi connectivity index (χ0v) is 16.5. The predicted molar refractivity (Wildman–Crippen MR) is 111 cm³/mol. The van der Waals surface area contributed by atoms with Gasteiger partial charge in [-0.15, -0.1) is 0 Å². The first-order valence-corrected chi connectivity index (χ1v) is 9.51. The summed E-state index contributed by atoms with van der Waals surface area (Å²) in [7, 11) is 0. The first-order chi connectivity index (χ1) is 14.5. The summed E-state index contributed by atoms with van der Waals surface area (Å²) in [5, 5.41) is 11.5. The van der Waals surface area contributed by atoms with E-state index in [0.29, 0.717) is 53.1 Å². The normalized spacial score (nSPS) is 13.3. The van der Waals surface area contributed by atoms with Crippen molar-refractivity contribution < 1.29 is 14.8 Å². The van der Waals surface area contributed by atoms with Crippen LogP contribution < -0.4 is 10.8 Å². The van der Waals surface area contributed by atoms with Gasteiger partial charge in [0, 0.05) is 36.6 Å². The standard InChI is InChI=1S/C19H17N7O3S/c1-20-14-13-5-6-25(7-8-26(13)16-15(14)21-10-22-18(16)30)19(28)23-12-4-2-3-11(9-12)17(27)24-29/h2-4,9-10,29H,5-8H2,(H,23,28)(H,24,27)(H,21,22,30). The van der Waals surface area contributed by atoms with Crippen molar-refractivity contribution >= 4 is 46.6 Å². The number of fused-ring (bicyclic) bond motifs is 3. The van der Waals surface area contributed by atoms with Crippen LogP contribution in [0.5, 0.6) is 0 Å². The number of benzene rings is 1. The van der Waals surface area contributed by atoms with Crippen LogP contribution in [-0.4, -0.2) is 49.7 Å². The van der Waals surface area contributed by atoms with Crippen LogP contribution in [-0.2, 0) is 13.0 Å². The summed E-state index contributed by atoms with van der Waals surface area (Å²) >= 11 is 5.36. The van der Waals surface area contributed by atoms with Crippen LogP contribution in [0.1, 0.15) is 16.1 Å². The highest BCUT2D eigenvalue weighted by molar-refractivity contribution is 7.71. The van der Waals surface area contributed by atoms with Gasteiger partial charge in [-0.1, -0.05) is 18.3 Å². The molecule has 30 heavy (non-hydrogen) atoms. The minimum Gasteiger partial charge on any atom is -0.354 e. The van der Waals surface area contributed by atoms with Crippen molar-refractivity contribution in [2.45, 2.75) is 13.0 Å². The number of aromatic nitrogens is 3. The number of anilines is 1. The van der Waals surface area contributed by atoms with Gasteiger partial charge < -0.3 is 19.8 Å². The Kier molecular flexibility index (Phi) is 5.18. The van der Waals surface area contributed by atoms with Crippen LogP contribution >= 0.6 is 12.2 Å². The zero-order chi connectivity index (χ0) is 21.3. The Hall–Kier alpha value is -3.75. The number of hydroxylamine groups is 1. The number of carbonyl (C=O) groups excluding carboxylic acids is 2. The van der Waals surface area contributed by atoms with Crippen LogP contribution in [0, 0.1) is 11.2 Å². The van der Waals surface area contributed by atoms with Gasteiger partial charge in [-0.05, 0) is 24.6 Å². The average Bonchev–Trinajstić information content (AvgIpc) is 2.90. The number of nitrogens with zero attached hydrogens (tertiary/aromatic N) is 4. The predicted octanol–water partition coefficient (Wildman–Crippen LogP) is 2.85. The van der Waals surface area contributed by atoms with Crippen molar-refractivity contribution in [3.63, 3.8) is 0 Å². The van der Waals surface area contributed by atoms with Crippen molar-refractivity contribution in [2.24, 2.45) is 0 Å². The molecule has 0 saturated carbocycles. The Morgan fingerprint density at radius 1 is 1.30 bits per heavy atom. The second-order valence-corrected chi connectivity index (χ2v) is 7.07. The molecule has 0 fully saturated rings. The minimum atomic E-state index is -0.663. The molecule has 4 rings (SSSR count). The lowest BCUT2D eigenvalue weighted by Crippen LogP contribution is -2.37. The van der Waals surface area contributed by atoms with Crippen molar-refractivity contribution in [3.05, 3.63) is 57.9 Å². The molecule has 0 spiro atoms. The maximum Gasteiger partial charge on any atom is 0.321 e. The number of urea groups is 1. The van der Waals surface area contributed by atoms with Crippen molar-refractivity contribution in [2.75, 3.05) is 18.4 Å². The third-order valence-corrected chi connectivity index (χ3v) is 5.32. The second-order valence-electron chi connectivity index (χ2n) is 6.68. The third kappa shape index (κ3) is 3.38. The third-order valence-electron chi connectivity index (χ3n) is 5.02. The molecule has 0 saturated heterocycles. The quantitative estimate of drug-likeness (QED) is 0.219. The minimum absolute atomic E-state index is 0.219. The molecule has 3 amide bonds. The molecule has 0 aliphatic carbocycles. The highest BCUT2D eigenvalue weighted by Gasteiger charge is 2.25. The van der Waals surface area contributed by atoms with Crippen LogP contribution in [0.3, 0.4) is 0 Å². The van der Waals surface area contributed by atoms with Gasteiger partial charge in [-0.3, -0.25) is 10.0 Å². The first kappa shape index (κ1) is 19.6. The monoisotopic (exact) mass is 423 g/mol. The van der Waals surface area contributed by atoms with Crippen LogP contribution in [0.4, 0.5) is 16.2 Å². The van der Waals surface area contributed by atoms with Crippen LogP contribution in [0.15, 0.2) is 30.6 Å². The fraction of sp³-hybridized carbons (Fsp3) is 0.211. The number of hydrogen-bond donors (Lipinski definition) is 4. The first-order valence-electron chi connectivity index (χ1n) is 9.10. The van der Waals surface area contributed by atoms with E-state index in [1.807, 2.05) is 4.57 Å². The van der Waals surface area contributed by atoms with Gasteiger partial charge in [0.25, 0.3) is 5.91 Å². The Morgan fingerprint density at radius 2 is 2.13 bits per heavy atom. The van der Waals surface area contributed by atoms with Gasteiger partial charge in [0.2, 0.25) is 5.69 Å². The van der Waals surface area contributed by atoms with Gasteiger partial charge >= 0.3 is 6.03 Å². The largest absolute Gasteiger partial charge is 0.354 e. The van der Waals surface area contributed by atoms with E-state index in [-0.39, 0.29) is 11.6 Å². The molecule has 11 heteroatoms. The smallest absolute Gasteiger partial charge is 0.321 e. The number of carbonyl (C=O) groups is 2. The van der Waals surface area contributed by atoms with E-state index < -0.39 is 5.91 Å². The molecule has 1 aliphatic heterocycles. The second kappa shape index (κ2) is 7.94. The molecule has 0 unspecified atom stereocenters. The molecule has 3 heterocycles. The van der Waals surface area contributed by atoms with Crippen LogP contribution in [0.2, 0.25) is 0 Å². The van der Waals surface area contributed by atoms with E-state index >= 15 is 0 Å². The summed E-state index contributed by atoms with van der Waals surface area (Å²) in [5.74, 6) is -0.663. The number of H-pyrrole nitrogens is 1. The summed E-state index contributed by atoms with van der Waals surface area (Å²) < 4.78 is 2.38. The summed E-state index contributed by atoms with van der Waals surface area (Å²) in [6, 6.07) is 5.94. The lowest BCUT2D eigenvalue weighted by atomic mass is 10.2. The average molecular weight is 423 g/mol. The number of rotatable bonds is 2. The van der Waals surface area contributed by atoms with E-state index in [1.54, 1.807) is 22.5 Å². The summed E-state index contributed by atoms with van der Waals surface area (Å²) in [6.07, 6.45) is 1.99. The Balaban J connectivity index is 1.56. The number of amides is 3. The van der Waals surface area contributed by atoms with Crippen molar-refractivity contribution in [1.82, 2.24) is 24.9 Å². The van der Waals surface area contributed by atoms with Crippen molar-refractivity contribution in [1.29, 1.82) is 0 Å². The summed E-state index contributed by atoms with van der Waals surface area (Å²) in [6.45, 7) is 8.88. The van der Waals surface area contributed by atoms with Gasteiger partial charge in [-0.25, -0.2) is 20.1 Å². The Morgan fingerprint density at radius 3 is 2.90 bits per heavy atom. The molecule has 1 aromatic carbocycles. The fourth-order valence-corrected chi connectivity index (χ4v) is 3.90. The molecule has 0 radical (unpaired) electrons. The van der Waals surface area contributed by atoms with Gasteiger partial charge in [0.1, 0.15) is 0 Å². The van der Waals surface area contributed by atoms with Crippen molar-refractivity contribution in [3.8, 4) is 0 Å². The molecular weight excluding hydrogens is 406 g/mol. The van der Waals surface area contributed by atoms with Crippen LogP contribution in [0.25, 0.3) is 15.9 Å². The van der Waals surface area contributed by atoms with E-state index in [1.165, 1.54) is 18.5 Å². The van der Waals surface area contributed by atoms with Gasteiger partial charge in [-0.2, -0.15) is 0 Å². The highest BCUT2D eigenvalue weighted by atomic mass is 32.1. The van der Waals surface area contributed by atoms with Gasteiger partial charge in [0.15, 0.2) is 4.64 Å². The summed E-state index contributed by atoms with van der Waals surface area (Å²) in [4.78, 5) is 36.8. The maximum absolute atomic E-state index is 12.8. The van der Waals surface area contributed by atoms with Gasteiger partial charge in [0.05, 0.1) is 23.9 Å². The molecule has 4 N–H and O–H groups in total. The molecule has 3 aromatic rings. The topological polar surface area (TPSA) is 120 Å². The van der Waals surface area contributed by atoms with E-state index in [0.717, 1.165) is 5.69 Å². The molecule has 1 aliphatic rings. The summed E-state index contributed by atoms with van der Waals surface area (Å²) in [5.41, 5.74) is 4.93. The van der Waals surface area contributed by atoms with E-state index in [9.17, 15) is 9.59 Å². The fourth-order valence-electron chi connectivity index (χ4n) is 3.63. The molecule has 0 atom stereocenters. The molecule has 152 valence electrons.